The molecule has 0 saturated carbocycles. The normalized spacial score (nSPS) is 15.1. The van der Waals surface area contributed by atoms with Crippen molar-refractivity contribution in [2.45, 2.75) is 62.9 Å². The molecule has 0 heterocycles. The van der Waals surface area contributed by atoms with Crippen molar-refractivity contribution in [3.05, 3.63) is 0 Å². The van der Waals surface area contributed by atoms with Crippen LogP contribution in [0.15, 0.2) is 0 Å². The first-order valence-corrected chi connectivity index (χ1v) is 9.45. The topological polar surface area (TPSA) is 289 Å². The average Bonchev–Trinajstić information content (AvgIpc) is 2.66. The Balaban J connectivity index is 5.60. The lowest BCUT2D eigenvalue weighted by Gasteiger charge is -2.25. The number of carbonyl (C=O) groups is 7. The Hall–Kier alpha value is -3.79. The zero-order valence-electron chi connectivity index (χ0n) is 17.5. The number of rotatable bonds is 15. The van der Waals surface area contributed by atoms with E-state index in [4.69, 9.17) is 26.8 Å². The van der Waals surface area contributed by atoms with Gasteiger partial charge in [-0.05, 0) is 13.3 Å². The molecule has 0 aliphatic carbocycles. The van der Waals surface area contributed by atoms with E-state index in [9.17, 15) is 38.7 Å². The number of nitrogens with two attached hydrogens (primary N) is 2. The van der Waals surface area contributed by atoms with Crippen LogP contribution in [-0.4, -0.2) is 92.2 Å². The van der Waals surface area contributed by atoms with Gasteiger partial charge in [0.25, 0.3) is 0 Å². The molecular formula is C17H27N5O11. The van der Waals surface area contributed by atoms with Crippen molar-refractivity contribution in [1.82, 2.24) is 16.0 Å². The number of primary amides is 1. The van der Waals surface area contributed by atoms with Crippen molar-refractivity contribution in [2.24, 2.45) is 11.5 Å². The van der Waals surface area contributed by atoms with Crippen LogP contribution >= 0.6 is 0 Å². The van der Waals surface area contributed by atoms with Crippen LogP contribution in [0.3, 0.4) is 0 Å². The number of hydrogen-bond donors (Lipinski definition) is 9. The maximum atomic E-state index is 12.6. The largest absolute Gasteiger partial charge is 0.481 e. The first kappa shape index (κ1) is 29.2. The van der Waals surface area contributed by atoms with Gasteiger partial charge >= 0.3 is 17.9 Å². The summed E-state index contributed by atoms with van der Waals surface area (Å²) in [6, 6.07) is -6.72. The van der Waals surface area contributed by atoms with Gasteiger partial charge in [0.05, 0.1) is 25.0 Å². The summed E-state index contributed by atoms with van der Waals surface area (Å²) in [6.45, 7) is 1.07. The molecule has 11 N–H and O–H groups in total. The van der Waals surface area contributed by atoms with Crippen LogP contribution < -0.4 is 27.4 Å². The molecule has 0 bridgehead atoms. The summed E-state index contributed by atoms with van der Waals surface area (Å²) < 4.78 is 0. The predicted octanol–water partition coefficient (Wildman–Crippen LogP) is -4.55. The third-order valence-corrected chi connectivity index (χ3v) is 4.10. The smallest absolute Gasteiger partial charge is 0.328 e. The van der Waals surface area contributed by atoms with Crippen LogP contribution in [0.1, 0.15) is 32.6 Å². The lowest BCUT2D eigenvalue weighted by molar-refractivity contribution is -0.145. The van der Waals surface area contributed by atoms with Gasteiger partial charge in [-0.3, -0.25) is 28.8 Å². The first-order chi connectivity index (χ1) is 15.1. The van der Waals surface area contributed by atoms with Crippen LogP contribution in [0, 0.1) is 0 Å². The summed E-state index contributed by atoms with van der Waals surface area (Å²) >= 11 is 0. The third-order valence-electron chi connectivity index (χ3n) is 4.10. The molecule has 33 heavy (non-hydrogen) atoms. The second-order valence-electron chi connectivity index (χ2n) is 6.99. The average molecular weight is 477 g/mol. The minimum atomic E-state index is -1.78. The van der Waals surface area contributed by atoms with Crippen molar-refractivity contribution in [3.8, 4) is 0 Å². The number of hydrogen-bond acceptors (Lipinski definition) is 9. The molecule has 0 aromatic rings. The first-order valence-electron chi connectivity index (χ1n) is 9.45. The molecule has 0 fully saturated rings. The van der Waals surface area contributed by atoms with E-state index in [1.54, 1.807) is 0 Å². The molecule has 5 atom stereocenters. The Bertz CT molecular complexity index is 785. The van der Waals surface area contributed by atoms with Crippen LogP contribution in [-0.2, 0) is 33.6 Å². The van der Waals surface area contributed by atoms with E-state index in [0.29, 0.717) is 0 Å². The van der Waals surface area contributed by atoms with E-state index >= 15 is 0 Å². The van der Waals surface area contributed by atoms with Gasteiger partial charge in [-0.25, -0.2) is 4.79 Å². The number of aliphatic hydroxyl groups excluding tert-OH is 1. The summed E-state index contributed by atoms with van der Waals surface area (Å²) in [5, 5.41) is 42.1. The number of carboxylic acid groups (broad SMARTS) is 3. The maximum absolute atomic E-state index is 12.6. The zero-order chi connectivity index (χ0) is 25.9. The van der Waals surface area contributed by atoms with E-state index in [1.807, 2.05) is 10.6 Å². The van der Waals surface area contributed by atoms with Crippen molar-refractivity contribution in [1.29, 1.82) is 0 Å². The third kappa shape index (κ3) is 11.4. The monoisotopic (exact) mass is 477 g/mol. The SMILES string of the molecule is CC(O)C(NC(=O)C(CCC(=O)O)NC(=O)C(CC(N)=O)NC(=O)C(N)CC(=O)O)C(=O)O. The number of aliphatic carboxylic acids is 3. The quantitative estimate of drug-likeness (QED) is 0.108. The zero-order valence-corrected chi connectivity index (χ0v) is 17.5. The minimum Gasteiger partial charge on any atom is -0.481 e. The van der Waals surface area contributed by atoms with E-state index in [0.717, 1.165) is 6.92 Å². The molecule has 0 aliphatic rings. The maximum Gasteiger partial charge on any atom is 0.328 e. The highest BCUT2D eigenvalue weighted by molar-refractivity contribution is 5.96. The Labute approximate surface area is 186 Å². The van der Waals surface area contributed by atoms with Gasteiger partial charge in [-0.2, -0.15) is 0 Å². The molecule has 4 amide bonds. The molecule has 0 aromatic heterocycles. The van der Waals surface area contributed by atoms with Crippen molar-refractivity contribution in [3.63, 3.8) is 0 Å². The molecule has 16 nitrogen and oxygen atoms in total. The van der Waals surface area contributed by atoms with Crippen LogP contribution in [0.25, 0.3) is 0 Å². The Morgan fingerprint density at radius 3 is 1.73 bits per heavy atom. The highest BCUT2D eigenvalue weighted by atomic mass is 16.4. The van der Waals surface area contributed by atoms with Crippen LogP contribution in [0.4, 0.5) is 0 Å². The highest BCUT2D eigenvalue weighted by Crippen LogP contribution is 2.04. The van der Waals surface area contributed by atoms with Crippen molar-refractivity contribution in [2.75, 3.05) is 0 Å². The van der Waals surface area contributed by atoms with Crippen LogP contribution in [0.5, 0.6) is 0 Å². The molecule has 0 spiro atoms. The number of nitrogens with one attached hydrogen (secondary N) is 3. The summed E-state index contributed by atoms with van der Waals surface area (Å²) in [6.07, 6.45) is -4.28. The van der Waals surface area contributed by atoms with Crippen molar-refractivity contribution < 1.29 is 54.0 Å². The van der Waals surface area contributed by atoms with E-state index < -0.39 is 97.5 Å². The number of carbonyl (C=O) groups excluding carboxylic acids is 4. The summed E-state index contributed by atoms with van der Waals surface area (Å²) in [4.78, 5) is 81.1. The predicted molar refractivity (Wildman–Crippen MR) is 106 cm³/mol. The molecule has 0 aromatic carbocycles. The molecule has 0 radical (unpaired) electrons. The van der Waals surface area contributed by atoms with E-state index in [-0.39, 0.29) is 0 Å². The molecule has 0 saturated heterocycles. The Kier molecular flexibility index (Phi) is 12.0. The molecule has 0 aliphatic heterocycles. The van der Waals surface area contributed by atoms with E-state index in [1.165, 1.54) is 0 Å². The number of amides is 4. The second kappa shape index (κ2) is 13.6. The van der Waals surface area contributed by atoms with Gasteiger partial charge in [-0.1, -0.05) is 0 Å². The fraction of sp³-hybridized carbons (Fsp3) is 0.588. The van der Waals surface area contributed by atoms with Gasteiger partial charge in [-0.15, -0.1) is 0 Å². The molecular weight excluding hydrogens is 450 g/mol. The minimum absolute atomic E-state index is 0.519. The molecule has 5 unspecified atom stereocenters. The van der Waals surface area contributed by atoms with Gasteiger partial charge < -0.3 is 47.8 Å². The summed E-state index contributed by atoms with van der Waals surface area (Å²) in [7, 11) is 0. The highest BCUT2D eigenvalue weighted by Gasteiger charge is 2.32. The summed E-state index contributed by atoms with van der Waals surface area (Å²) in [5.41, 5.74) is 10.4. The van der Waals surface area contributed by atoms with Gasteiger partial charge in [0.15, 0.2) is 6.04 Å². The number of aliphatic hydroxyl groups is 1. The Morgan fingerprint density at radius 1 is 0.788 bits per heavy atom. The Morgan fingerprint density at radius 2 is 1.30 bits per heavy atom. The van der Waals surface area contributed by atoms with Gasteiger partial charge in [0.1, 0.15) is 12.1 Å². The second-order valence-corrected chi connectivity index (χ2v) is 6.99. The van der Waals surface area contributed by atoms with Crippen LogP contribution in [0.2, 0.25) is 0 Å². The summed E-state index contributed by atoms with van der Waals surface area (Å²) in [5.74, 6) is -8.89. The molecule has 16 heteroatoms. The fourth-order valence-corrected chi connectivity index (χ4v) is 2.42. The van der Waals surface area contributed by atoms with Crippen molar-refractivity contribution >= 4 is 41.5 Å². The number of carboxylic acids is 3. The fourth-order valence-electron chi connectivity index (χ4n) is 2.42. The molecule has 0 rings (SSSR count). The van der Waals surface area contributed by atoms with E-state index in [2.05, 4.69) is 5.32 Å². The lowest BCUT2D eigenvalue weighted by atomic mass is 10.1. The van der Waals surface area contributed by atoms with Gasteiger partial charge in [0.2, 0.25) is 23.6 Å². The van der Waals surface area contributed by atoms with Gasteiger partial charge in [0, 0.05) is 6.42 Å². The standard InChI is InChI=1S/C17H27N5O11/c1-6(23)13(17(32)33)22-15(30)8(2-3-11(25)26)20-16(31)9(5-10(19)24)21-14(29)7(18)4-12(27)28/h6-9,13,23H,2-5,18H2,1H3,(H2,19,24)(H,20,31)(H,21,29)(H,22,30)(H,25,26)(H,27,28)(H,32,33). The molecule has 186 valence electrons. The lowest BCUT2D eigenvalue weighted by Crippen LogP contribution is -2.58.